The van der Waals surface area contributed by atoms with Crippen LogP contribution in [0, 0.1) is 11.6 Å². The lowest BCUT2D eigenvalue weighted by molar-refractivity contribution is 0.567. The van der Waals surface area contributed by atoms with E-state index in [-0.39, 0.29) is 10.2 Å². The van der Waals surface area contributed by atoms with Gasteiger partial charge in [-0.05, 0) is 34.6 Å². The first kappa shape index (κ1) is 16.2. The van der Waals surface area contributed by atoms with Crippen molar-refractivity contribution in [3.63, 3.8) is 0 Å². The van der Waals surface area contributed by atoms with Gasteiger partial charge in [-0.3, -0.25) is 0 Å². The Morgan fingerprint density at radius 1 is 1.05 bits per heavy atom. The average molecular weight is 353 g/mol. The van der Waals surface area contributed by atoms with Crippen molar-refractivity contribution in [2.75, 3.05) is 0 Å². The highest BCUT2D eigenvalue weighted by molar-refractivity contribution is 9.09. The molecule has 3 heteroatoms. The zero-order chi connectivity index (χ0) is 15.6. The van der Waals surface area contributed by atoms with Gasteiger partial charge in [0, 0.05) is 10.9 Å². The molecular weight excluding hydrogens is 334 g/mol. The predicted molar refractivity (Wildman–Crippen MR) is 86.9 cm³/mol. The molecule has 0 saturated heterocycles. The van der Waals surface area contributed by atoms with Crippen LogP contribution in [0.3, 0.4) is 0 Å². The van der Waals surface area contributed by atoms with Crippen molar-refractivity contribution in [1.29, 1.82) is 0 Å². The van der Waals surface area contributed by atoms with Gasteiger partial charge in [-0.25, -0.2) is 8.78 Å². The number of benzene rings is 2. The Hall–Kier alpha value is -1.22. The van der Waals surface area contributed by atoms with Crippen LogP contribution in [-0.4, -0.2) is 0 Å². The van der Waals surface area contributed by atoms with Crippen molar-refractivity contribution in [2.24, 2.45) is 0 Å². The van der Waals surface area contributed by atoms with Crippen LogP contribution in [0.5, 0.6) is 0 Å². The maximum atomic E-state index is 13.8. The van der Waals surface area contributed by atoms with E-state index in [0.29, 0.717) is 12.0 Å². The maximum Gasteiger partial charge on any atom is 0.129 e. The fourth-order valence-corrected chi connectivity index (χ4v) is 3.19. The molecule has 0 fully saturated rings. The molecule has 1 atom stereocenters. The molecule has 2 aromatic carbocycles. The van der Waals surface area contributed by atoms with Gasteiger partial charge in [0.1, 0.15) is 11.6 Å². The van der Waals surface area contributed by atoms with E-state index in [2.05, 4.69) is 48.8 Å². The van der Waals surface area contributed by atoms with E-state index in [9.17, 15) is 8.78 Å². The van der Waals surface area contributed by atoms with Crippen LogP contribution in [0.4, 0.5) is 8.78 Å². The summed E-state index contributed by atoms with van der Waals surface area (Å²) in [5.74, 6) is -1.04. The molecule has 0 radical (unpaired) electrons. The van der Waals surface area contributed by atoms with Gasteiger partial charge in [-0.1, -0.05) is 67.0 Å². The van der Waals surface area contributed by atoms with Crippen molar-refractivity contribution in [1.82, 2.24) is 0 Å². The molecular formula is C18H19BrF2. The Morgan fingerprint density at radius 3 is 2.33 bits per heavy atom. The molecule has 0 aliphatic carbocycles. The monoisotopic (exact) mass is 352 g/mol. The van der Waals surface area contributed by atoms with Crippen molar-refractivity contribution in [3.05, 3.63) is 70.8 Å². The highest BCUT2D eigenvalue weighted by Gasteiger charge is 2.22. The molecule has 0 amide bonds. The van der Waals surface area contributed by atoms with Crippen molar-refractivity contribution < 1.29 is 8.78 Å². The van der Waals surface area contributed by atoms with Gasteiger partial charge in [0.2, 0.25) is 0 Å². The summed E-state index contributed by atoms with van der Waals surface area (Å²) in [4.78, 5) is -0.00659. The molecule has 1 unspecified atom stereocenters. The molecule has 0 N–H and O–H groups in total. The summed E-state index contributed by atoms with van der Waals surface area (Å²) >= 11 is 3.66. The van der Waals surface area contributed by atoms with Crippen LogP contribution in [0.1, 0.15) is 42.3 Å². The van der Waals surface area contributed by atoms with Crippen molar-refractivity contribution >= 4 is 15.9 Å². The molecule has 0 nitrogen and oxygen atoms in total. The number of hydrogen-bond acceptors (Lipinski definition) is 0. The molecule has 0 spiro atoms. The van der Waals surface area contributed by atoms with E-state index < -0.39 is 11.6 Å². The van der Waals surface area contributed by atoms with Gasteiger partial charge in [0.15, 0.2) is 0 Å². The van der Waals surface area contributed by atoms with Crippen LogP contribution in [-0.2, 0) is 11.8 Å². The van der Waals surface area contributed by atoms with Gasteiger partial charge in [-0.2, -0.15) is 0 Å². The topological polar surface area (TPSA) is 0 Å². The zero-order valence-corrected chi connectivity index (χ0v) is 14.0. The van der Waals surface area contributed by atoms with Gasteiger partial charge in [0.05, 0.1) is 0 Å². The number of halogens is 3. The second-order valence-corrected chi connectivity index (χ2v) is 7.35. The van der Waals surface area contributed by atoms with Crippen LogP contribution in [0.25, 0.3) is 0 Å². The normalized spacial score (nSPS) is 13.2. The molecule has 0 aromatic heterocycles. The summed E-state index contributed by atoms with van der Waals surface area (Å²) in [7, 11) is 0. The standard InChI is InChI=1S/C18H19BrF2/c1-18(2,3)15-7-5-4-6-14(15)16(19)10-12-8-9-13(20)11-17(12)21/h4-9,11,16H,10H2,1-3H3. The predicted octanol–water partition coefficient (Wildman–Crippen LogP) is 5.94. The van der Waals surface area contributed by atoms with Crippen molar-refractivity contribution in [2.45, 2.75) is 37.4 Å². The molecule has 0 aliphatic heterocycles. The molecule has 2 aromatic rings. The number of rotatable bonds is 3. The molecule has 0 saturated carbocycles. The minimum absolute atomic E-state index is 0.00659. The Kier molecular flexibility index (Phi) is 4.82. The third-order valence-corrected chi connectivity index (χ3v) is 4.34. The first-order valence-electron chi connectivity index (χ1n) is 6.96. The molecule has 21 heavy (non-hydrogen) atoms. The van der Waals surface area contributed by atoms with Gasteiger partial charge in [-0.15, -0.1) is 0 Å². The minimum Gasteiger partial charge on any atom is -0.207 e. The molecule has 0 bridgehead atoms. The van der Waals surface area contributed by atoms with E-state index in [0.717, 1.165) is 11.6 Å². The number of hydrogen-bond donors (Lipinski definition) is 0. The smallest absolute Gasteiger partial charge is 0.129 e. The first-order chi connectivity index (χ1) is 9.79. The Bertz CT molecular complexity index is 629. The average Bonchev–Trinajstić information content (AvgIpc) is 2.41. The van der Waals surface area contributed by atoms with Crippen LogP contribution >= 0.6 is 15.9 Å². The third-order valence-electron chi connectivity index (χ3n) is 3.52. The lowest BCUT2D eigenvalue weighted by Gasteiger charge is -2.25. The van der Waals surface area contributed by atoms with E-state index >= 15 is 0 Å². The molecule has 2 rings (SSSR count). The second-order valence-electron chi connectivity index (χ2n) is 6.24. The summed E-state index contributed by atoms with van der Waals surface area (Å²) in [6.07, 6.45) is 0.485. The van der Waals surface area contributed by atoms with Crippen LogP contribution < -0.4 is 0 Å². The summed E-state index contributed by atoms with van der Waals surface area (Å²) in [6.45, 7) is 6.47. The fraction of sp³-hybridized carbons (Fsp3) is 0.333. The minimum atomic E-state index is -0.544. The Morgan fingerprint density at radius 2 is 1.71 bits per heavy atom. The summed E-state index contributed by atoms with van der Waals surface area (Å²) in [5.41, 5.74) is 2.91. The lowest BCUT2D eigenvalue weighted by Crippen LogP contribution is -2.15. The second kappa shape index (κ2) is 6.27. The van der Waals surface area contributed by atoms with Crippen LogP contribution in [0.2, 0.25) is 0 Å². The SMILES string of the molecule is CC(C)(C)c1ccccc1C(Br)Cc1ccc(F)cc1F. The highest BCUT2D eigenvalue weighted by atomic mass is 79.9. The summed E-state index contributed by atoms with van der Waals surface area (Å²) in [6, 6.07) is 11.9. The largest absolute Gasteiger partial charge is 0.207 e. The van der Waals surface area contributed by atoms with Crippen LogP contribution in [0.15, 0.2) is 42.5 Å². The van der Waals surface area contributed by atoms with Crippen molar-refractivity contribution in [3.8, 4) is 0 Å². The molecule has 0 heterocycles. The Labute approximate surface area is 133 Å². The van der Waals surface area contributed by atoms with E-state index in [4.69, 9.17) is 0 Å². The highest BCUT2D eigenvalue weighted by Crippen LogP contribution is 2.35. The molecule has 112 valence electrons. The first-order valence-corrected chi connectivity index (χ1v) is 7.88. The van der Waals surface area contributed by atoms with Gasteiger partial charge >= 0.3 is 0 Å². The van der Waals surface area contributed by atoms with Gasteiger partial charge in [0.25, 0.3) is 0 Å². The van der Waals surface area contributed by atoms with Gasteiger partial charge < -0.3 is 0 Å². The number of alkyl halides is 1. The van der Waals surface area contributed by atoms with E-state index in [1.165, 1.54) is 17.7 Å². The van der Waals surface area contributed by atoms with E-state index in [1.54, 1.807) is 0 Å². The molecule has 0 aliphatic rings. The lowest BCUT2D eigenvalue weighted by atomic mass is 9.82. The zero-order valence-electron chi connectivity index (χ0n) is 12.5. The fourth-order valence-electron chi connectivity index (χ4n) is 2.44. The Balaban J connectivity index is 2.31. The summed E-state index contributed by atoms with van der Waals surface area (Å²) < 4.78 is 26.8. The van der Waals surface area contributed by atoms with E-state index in [1.807, 2.05) is 12.1 Å². The quantitative estimate of drug-likeness (QED) is 0.599. The maximum absolute atomic E-state index is 13.8. The summed E-state index contributed by atoms with van der Waals surface area (Å²) in [5, 5.41) is 0. The third kappa shape index (κ3) is 3.91.